The van der Waals surface area contributed by atoms with Crippen molar-refractivity contribution in [1.29, 1.82) is 0 Å². The van der Waals surface area contributed by atoms with Crippen LogP contribution in [-0.4, -0.2) is 56.9 Å². The lowest BCUT2D eigenvalue weighted by molar-refractivity contribution is -0.134. The van der Waals surface area contributed by atoms with Gasteiger partial charge in [0.2, 0.25) is 11.7 Å². The molecule has 0 aliphatic carbocycles. The van der Waals surface area contributed by atoms with Gasteiger partial charge in [-0.25, -0.2) is 19.6 Å². The van der Waals surface area contributed by atoms with Crippen molar-refractivity contribution in [3.8, 4) is 11.5 Å². The number of carbonyl (C=O) groups is 2. The van der Waals surface area contributed by atoms with Gasteiger partial charge in [0, 0.05) is 25.7 Å². The maximum Gasteiger partial charge on any atom is 0.300 e. The highest BCUT2D eigenvalue weighted by molar-refractivity contribution is 5.78. The number of aromatic nitrogens is 8. The molecule has 28 heavy (non-hydrogen) atoms. The number of rotatable bonds is 4. The number of hydrogen-bond donors (Lipinski definition) is 3. The third-order valence-electron chi connectivity index (χ3n) is 3.93. The van der Waals surface area contributed by atoms with Crippen molar-refractivity contribution in [2.24, 2.45) is 5.92 Å². The number of amides is 1. The summed E-state index contributed by atoms with van der Waals surface area (Å²) in [6.45, 7) is 1.93. The second kappa shape index (κ2) is 8.79. The van der Waals surface area contributed by atoms with Crippen molar-refractivity contribution in [1.82, 2.24) is 45.2 Å². The van der Waals surface area contributed by atoms with Crippen LogP contribution in [0, 0.1) is 5.92 Å². The minimum absolute atomic E-state index is 0.0198. The predicted molar refractivity (Wildman–Crippen MR) is 94.4 cm³/mol. The molecule has 0 radical (unpaired) electrons. The van der Waals surface area contributed by atoms with Crippen molar-refractivity contribution >= 4 is 11.9 Å². The van der Waals surface area contributed by atoms with Crippen molar-refractivity contribution < 1.29 is 14.7 Å². The molecule has 0 saturated carbocycles. The number of aromatic amines is 1. The molecule has 0 spiro atoms. The molecule has 12 nitrogen and oxygen atoms in total. The van der Waals surface area contributed by atoms with Gasteiger partial charge in [-0.1, -0.05) is 0 Å². The average molecular weight is 385 g/mol. The zero-order valence-corrected chi connectivity index (χ0v) is 15.1. The largest absolute Gasteiger partial charge is 0.481 e. The van der Waals surface area contributed by atoms with E-state index in [4.69, 9.17) is 9.90 Å². The molecule has 1 unspecified atom stereocenters. The Balaban J connectivity index is 0.000000516. The first-order chi connectivity index (χ1) is 13.5. The summed E-state index contributed by atoms with van der Waals surface area (Å²) < 4.78 is 1.79. The van der Waals surface area contributed by atoms with Crippen molar-refractivity contribution in [2.45, 2.75) is 32.9 Å². The lowest BCUT2D eigenvalue weighted by Crippen LogP contribution is -2.36. The van der Waals surface area contributed by atoms with Gasteiger partial charge in [0.15, 0.2) is 0 Å². The molecule has 4 heterocycles. The molecule has 12 heteroatoms. The van der Waals surface area contributed by atoms with Gasteiger partial charge < -0.3 is 10.4 Å². The number of carbonyl (C=O) groups excluding carboxylic acids is 1. The SMILES string of the molecule is CC(=O)O.O=C(NCc1nc(-c2cnccn2)n[nH]1)C1CCc2ncnn2C1. The van der Waals surface area contributed by atoms with Crippen LogP contribution in [0.1, 0.15) is 25.0 Å². The molecule has 1 aliphatic rings. The number of nitrogens with one attached hydrogen (secondary N) is 2. The number of fused-ring (bicyclic) bond motifs is 1. The molecular formula is C16H19N9O3. The lowest BCUT2D eigenvalue weighted by Gasteiger charge is -2.21. The molecule has 3 aromatic rings. The predicted octanol–water partition coefficient (Wildman–Crippen LogP) is -0.177. The van der Waals surface area contributed by atoms with Crippen molar-refractivity contribution in [3.05, 3.63) is 36.6 Å². The Morgan fingerprint density at radius 3 is 2.93 bits per heavy atom. The van der Waals surface area contributed by atoms with E-state index in [1.165, 1.54) is 6.33 Å². The van der Waals surface area contributed by atoms with Gasteiger partial charge in [-0.3, -0.25) is 19.7 Å². The monoisotopic (exact) mass is 385 g/mol. The van der Waals surface area contributed by atoms with Gasteiger partial charge in [-0.15, -0.1) is 0 Å². The number of carboxylic acid groups (broad SMARTS) is 1. The number of carboxylic acids is 1. The van der Waals surface area contributed by atoms with Crippen LogP contribution in [0.25, 0.3) is 11.5 Å². The number of nitrogens with zero attached hydrogens (tertiary/aromatic N) is 7. The zero-order valence-electron chi connectivity index (χ0n) is 15.1. The van der Waals surface area contributed by atoms with Crippen LogP contribution < -0.4 is 5.32 Å². The Morgan fingerprint density at radius 2 is 2.18 bits per heavy atom. The fourth-order valence-electron chi connectivity index (χ4n) is 2.67. The molecule has 0 fully saturated rings. The summed E-state index contributed by atoms with van der Waals surface area (Å²) in [6, 6.07) is 0. The minimum Gasteiger partial charge on any atom is -0.481 e. The van der Waals surface area contributed by atoms with E-state index in [9.17, 15) is 4.79 Å². The first-order valence-electron chi connectivity index (χ1n) is 8.54. The Hall–Kier alpha value is -3.70. The maximum absolute atomic E-state index is 12.3. The molecule has 0 bridgehead atoms. The molecule has 1 atom stereocenters. The van der Waals surface area contributed by atoms with Crippen LogP contribution in [0.15, 0.2) is 24.9 Å². The van der Waals surface area contributed by atoms with Crippen LogP contribution in [0.5, 0.6) is 0 Å². The van der Waals surface area contributed by atoms with E-state index < -0.39 is 5.97 Å². The molecule has 1 amide bonds. The summed E-state index contributed by atoms with van der Waals surface area (Å²) in [5, 5.41) is 21.3. The standard InChI is InChI=1S/C14H15N9O.C2H4O2/c24-14(9-1-2-12-18-8-19-23(12)7-9)17-6-11-20-13(22-21-11)10-5-15-3-4-16-10;1-2(3)4/h3-5,8-9H,1-2,6-7H2,(H,17,24)(H,20,21,22);1H3,(H,3,4). The topological polar surface area (TPSA) is 164 Å². The summed E-state index contributed by atoms with van der Waals surface area (Å²) in [4.78, 5) is 37.9. The van der Waals surface area contributed by atoms with Gasteiger partial charge in [-0.2, -0.15) is 10.2 Å². The number of aryl methyl sites for hydroxylation is 1. The highest BCUT2D eigenvalue weighted by atomic mass is 16.4. The molecular weight excluding hydrogens is 366 g/mol. The summed E-state index contributed by atoms with van der Waals surface area (Å²) >= 11 is 0. The van der Waals surface area contributed by atoms with E-state index in [1.54, 1.807) is 23.3 Å². The molecule has 0 saturated heterocycles. The van der Waals surface area contributed by atoms with E-state index in [0.29, 0.717) is 23.9 Å². The molecule has 3 aromatic heterocycles. The summed E-state index contributed by atoms with van der Waals surface area (Å²) in [5.41, 5.74) is 0.581. The third kappa shape index (κ3) is 4.93. The Bertz CT molecular complexity index is 934. The Kier molecular flexibility index (Phi) is 5.99. The van der Waals surface area contributed by atoms with E-state index >= 15 is 0 Å². The van der Waals surface area contributed by atoms with Crippen LogP contribution in [0.3, 0.4) is 0 Å². The van der Waals surface area contributed by atoms with Gasteiger partial charge in [0.05, 0.1) is 25.2 Å². The number of hydrogen-bond acceptors (Lipinski definition) is 8. The van der Waals surface area contributed by atoms with Gasteiger partial charge in [0.1, 0.15) is 23.7 Å². The molecule has 1 aliphatic heterocycles. The van der Waals surface area contributed by atoms with E-state index in [2.05, 4.69) is 40.5 Å². The highest BCUT2D eigenvalue weighted by Crippen LogP contribution is 2.17. The quantitative estimate of drug-likeness (QED) is 0.552. The second-order valence-electron chi connectivity index (χ2n) is 6.03. The minimum atomic E-state index is -0.833. The smallest absolute Gasteiger partial charge is 0.300 e. The fraction of sp³-hybridized carbons (Fsp3) is 0.375. The Morgan fingerprint density at radius 1 is 1.36 bits per heavy atom. The van der Waals surface area contributed by atoms with Crippen LogP contribution >= 0.6 is 0 Å². The Labute approximate surface area is 159 Å². The van der Waals surface area contributed by atoms with Gasteiger partial charge >= 0.3 is 0 Å². The molecule has 4 rings (SSSR count). The van der Waals surface area contributed by atoms with Gasteiger partial charge in [-0.05, 0) is 6.42 Å². The number of H-pyrrole nitrogens is 1. The lowest BCUT2D eigenvalue weighted by atomic mass is 9.99. The van der Waals surface area contributed by atoms with Crippen LogP contribution in [0.2, 0.25) is 0 Å². The summed E-state index contributed by atoms with van der Waals surface area (Å²) in [6.07, 6.45) is 7.81. The van der Waals surface area contributed by atoms with Crippen molar-refractivity contribution in [3.63, 3.8) is 0 Å². The first-order valence-corrected chi connectivity index (χ1v) is 8.54. The van der Waals surface area contributed by atoms with Gasteiger partial charge in [0.25, 0.3) is 5.97 Å². The normalized spacial score (nSPS) is 15.1. The number of aliphatic carboxylic acids is 1. The maximum atomic E-state index is 12.3. The molecule has 146 valence electrons. The summed E-state index contributed by atoms with van der Waals surface area (Å²) in [5.74, 6) is 0.997. The molecule has 3 N–H and O–H groups in total. The van der Waals surface area contributed by atoms with Crippen LogP contribution in [0.4, 0.5) is 0 Å². The zero-order chi connectivity index (χ0) is 19.9. The molecule has 0 aromatic carbocycles. The van der Waals surface area contributed by atoms with Crippen LogP contribution in [-0.2, 0) is 29.1 Å². The van der Waals surface area contributed by atoms with E-state index in [-0.39, 0.29) is 18.4 Å². The van der Waals surface area contributed by atoms with Crippen molar-refractivity contribution in [2.75, 3.05) is 0 Å². The summed E-state index contributed by atoms with van der Waals surface area (Å²) in [7, 11) is 0. The van der Waals surface area contributed by atoms with E-state index in [1.807, 2.05) is 0 Å². The third-order valence-corrected chi connectivity index (χ3v) is 3.93. The first kappa shape index (κ1) is 19.1. The fourth-order valence-corrected chi connectivity index (χ4v) is 2.67. The average Bonchev–Trinajstić information content (AvgIpc) is 3.35. The second-order valence-corrected chi connectivity index (χ2v) is 6.03. The van der Waals surface area contributed by atoms with E-state index in [0.717, 1.165) is 25.6 Å². The highest BCUT2D eigenvalue weighted by Gasteiger charge is 2.25.